The second kappa shape index (κ2) is 5.48. The van der Waals surface area contributed by atoms with Crippen LogP contribution in [0.15, 0.2) is 29.4 Å². The zero-order valence-corrected chi connectivity index (χ0v) is 15.5. The van der Waals surface area contributed by atoms with Crippen molar-refractivity contribution >= 4 is 23.2 Å². The standard InChI is InChI=1S/C19H24N4OS/c1-19(2,22-17(24)16-12-8-20-9-13(12)16)18-21-10-14-15(25-11-5-6-11)4-3-7-23(14)18/h3-4,7,10-13,16,20H,5-6,8-9H2,1-2H3,(H,22,24)/t12-,13+,16+. The molecule has 0 aromatic carbocycles. The molecule has 1 aliphatic heterocycles. The first-order valence-corrected chi connectivity index (χ1v) is 10.1. The maximum absolute atomic E-state index is 12.7. The number of thioether (sulfide) groups is 1. The van der Waals surface area contributed by atoms with Gasteiger partial charge in [-0.05, 0) is 63.7 Å². The first kappa shape index (κ1) is 15.7. The molecule has 3 fully saturated rings. The number of nitrogens with one attached hydrogen (secondary N) is 2. The first-order valence-electron chi connectivity index (χ1n) is 9.20. The van der Waals surface area contributed by atoms with E-state index in [1.54, 1.807) is 0 Å². The summed E-state index contributed by atoms with van der Waals surface area (Å²) in [6.45, 7) is 6.07. The number of aromatic nitrogens is 2. The van der Waals surface area contributed by atoms with Gasteiger partial charge in [0.25, 0.3) is 0 Å². The van der Waals surface area contributed by atoms with Crippen LogP contribution in [0.2, 0.25) is 0 Å². The van der Waals surface area contributed by atoms with Crippen molar-refractivity contribution in [3.8, 4) is 0 Å². The summed E-state index contributed by atoms with van der Waals surface area (Å²) in [5.74, 6) is 2.34. The maximum Gasteiger partial charge on any atom is 0.224 e. The molecule has 25 heavy (non-hydrogen) atoms. The lowest BCUT2D eigenvalue weighted by Gasteiger charge is -2.26. The van der Waals surface area contributed by atoms with E-state index in [-0.39, 0.29) is 11.8 Å². The molecule has 2 aromatic heterocycles. The molecule has 6 heteroatoms. The largest absolute Gasteiger partial charge is 0.344 e. The molecule has 0 unspecified atom stereocenters. The lowest BCUT2D eigenvalue weighted by atomic mass is 10.0. The third-order valence-corrected chi connectivity index (χ3v) is 7.14. The molecule has 0 radical (unpaired) electrons. The van der Waals surface area contributed by atoms with Crippen LogP contribution in [0.4, 0.5) is 0 Å². The van der Waals surface area contributed by atoms with Gasteiger partial charge >= 0.3 is 0 Å². The molecule has 2 aromatic rings. The van der Waals surface area contributed by atoms with E-state index >= 15 is 0 Å². The monoisotopic (exact) mass is 356 g/mol. The highest BCUT2D eigenvalue weighted by molar-refractivity contribution is 8.00. The van der Waals surface area contributed by atoms with Gasteiger partial charge in [-0.3, -0.25) is 4.79 Å². The van der Waals surface area contributed by atoms with Gasteiger partial charge in [-0.2, -0.15) is 0 Å². The number of piperidine rings is 1. The van der Waals surface area contributed by atoms with Gasteiger partial charge in [0, 0.05) is 22.3 Å². The van der Waals surface area contributed by atoms with Crippen LogP contribution in [0, 0.1) is 17.8 Å². The van der Waals surface area contributed by atoms with Gasteiger partial charge in [-0.25, -0.2) is 4.98 Å². The summed E-state index contributed by atoms with van der Waals surface area (Å²) in [5, 5.41) is 7.37. The summed E-state index contributed by atoms with van der Waals surface area (Å²) in [4.78, 5) is 18.7. The lowest BCUT2D eigenvalue weighted by Crippen LogP contribution is -2.44. The van der Waals surface area contributed by atoms with Crippen LogP contribution in [0.5, 0.6) is 0 Å². The molecule has 2 aliphatic carbocycles. The van der Waals surface area contributed by atoms with Gasteiger partial charge in [0.15, 0.2) is 0 Å². The van der Waals surface area contributed by atoms with Crippen molar-refractivity contribution in [2.45, 2.75) is 42.4 Å². The molecule has 3 heterocycles. The molecule has 0 spiro atoms. The smallest absolute Gasteiger partial charge is 0.224 e. The number of carbonyl (C=O) groups excluding carboxylic acids is 1. The minimum absolute atomic E-state index is 0.182. The molecule has 5 rings (SSSR count). The van der Waals surface area contributed by atoms with Gasteiger partial charge in [0.1, 0.15) is 5.82 Å². The minimum Gasteiger partial charge on any atom is -0.344 e. The highest BCUT2D eigenvalue weighted by atomic mass is 32.2. The number of fused-ring (bicyclic) bond motifs is 2. The van der Waals surface area contributed by atoms with Crippen LogP contribution >= 0.6 is 11.8 Å². The molecule has 5 nitrogen and oxygen atoms in total. The number of amides is 1. The van der Waals surface area contributed by atoms with Gasteiger partial charge in [-0.15, -0.1) is 11.8 Å². The molecule has 132 valence electrons. The van der Waals surface area contributed by atoms with Gasteiger partial charge in [0.05, 0.1) is 17.3 Å². The van der Waals surface area contributed by atoms with Crippen molar-refractivity contribution in [3.63, 3.8) is 0 Å². The zero-order valence-electron chi connectivity index (χ0n) is 14.7. The molecule has 1 saturated heterocycles. The highest BCUT2D eigenvalue weighted by Gasteiger charge is 2.57. The third-order valence-electron chi connectivity index (χ3n) is 5.74. The fraction of sp³-hybridized carbons (Fsp3) is 0.579. The second-order valence-corrected chi connectivity index (χ2v) is 9.49. The number of nitrogens with zero attached hydrogens (tertiary/aromatic N) is 2. The fourth-order valence-corrected chi connectivity index (χ4v) is 5.34. The summed E-state index contributed by atoms with van der Waals surface area (Å²) < 4.78 is 2.14. The van der Waals surface area contributed by atoms with Crippen LogP contribution in [0.25, 0.3) is 5.52 Å². The predicted octanol–water partition coefficient (Wildman–Crippen LogP) is 2.41. The molecule has 1 amide bonds. The Labute approximate surface area is 152 Å². The summed E-state index contributed by atoms with van der Waals surface area (Å²) in [5.41, 5.74) is 0.653. The molecule has 3 atom stereocenters. The summed E-state index contributed by atoms with van der Waals surface area (Å²) in [6, 6.07) is 4.26. The van der Waals surface area contributed by atoms with Crippen LogP contribution in [0.3, 0.4) is 0 Å². The normalized spacial score (nSPS) is 28.2. The Kier molecular flexibility index (Phi) is 3.44. The SMILES string of the molecule is CC(C)(NC(=O)[C@H]1[C@@H]2CNC[C@@H]21)c1ncc2c(SC3CC3)cccn12. The van der Waals surface area contributed by atoms with Crippen molar-refractivity contribution in [1.29, 1.82) is 0 Å². The minimum atomic E-state index is -0.489. The molecule has 0 bridgehead atoms. The maximum atomic E-state index is 12.7. The topological polar surface area (TPSA) is 58.4 Å². The summed E-state index contributed by atoms with van der Waals surface area (Å²) in [6.07, 6.45) is 6.63. The number of hydrogen-bond acceptors (Lipinski definition) is 4. The molecule has 3 aliphatic rings. The first-order chi connectivity index (χ1) is 12.0. The van der Waals surface area contributed by atoms with E-state index in [2.05, 4.69) is 52.2 Å². The Bertz CT molecular complexity index is 831. The van der Waals surface area contributed by atoms with Crippen molar-refractivity contribution in [3.05, 3.63) is 30.4 Å². The Balaban J connectivity index is 1.40. The number of rotatable bonds is 5. The number of carbonyl (C=O) groups is 1. The second-order valence-electron chi connectivity index (χ2n) is 8.15. The third kappa shape index (κ3) is 2.66. The van der Waals surface area contributed by atoms with Crippen LogP contribution in [-0.4, -0.2) is 33.6 Å². The molecule has 2 saturated carbocycles. The van der Waals surface area contributed by atoms with E-state index in [1.165, 1.54) is 17.7 Å². The van der Waals surface area contributed by atoms with Gasteiger partial charge in [0.2, 0.25) is 5.91 Å². The van der Waals surface area contributed by atoms with E-state index < -0.39 is 5.54 Å². The number of imidazole rings is 1. The van der Waals surface area contributed by atoms with Crippen molar-refractivity contribution in [2.75, 3.05) is 13.1 Å². The molecular weight excluding hydrogens is 332 g/mol. The van der Waals surface area contributed by atoms with Crippen LogP contribution < -0.4 is 10.6 Å². The fourth-order valence-electron chi connectivity index (χ4n) is 4.18. The van der Waals surface area contributed by atoms with E-state index in [0.29, 0.717) is 11.8 Å². The predicted molar refractivity (Wildman–Crippen MR) is 98.6 cm³/mol. The highest BCUT2D eigenvalue weighted by Crippen LogP contribution is 2.49. The Hall–Kier alpha value is -1.53. The Morgan fingerprint density at radius 3 is 2.84 bits per heavy atom. The zero-order chi connectivity index (χ0) is 17.2. The Morgan fingerprint density at radius 2 is 2.12 bits per heavy atom. The van der Waals surface area contributed by atoms with E-state index in [1.807, 2.05) is 18.0 Å². The lowest BCUT2D eigenvalue weighted by molar-refractivity contribution is -0.124. The summed E-state index contributed by atoms with van der Waals surface area (Å²) >= 11 is 1.95. The van der Waals surface area contributed by atoms with E-state index in [9.17, 15) is 4.79 Å². The molecular formula is C19H24N4OS. The Morgan fingerprint density at radius 1 is 1.36 bits per heavy atom. The van der Waals surface area contributed by atoms with Gasteiger partial charge < -0.3 is 15.0 Å². The number of hydrogen-bond donors (Lipinski definition) is 2. The average molecular weight is 356 g/mol. The van der Waals surface area contributed by atoms with Crippen LogP contribution in [0.1, 0.15) is 32.5 Å². The van der Waals surface area contributed by atoms with Crippen molar-refractivity contribution in [1.82, 2.24) is 20.0 Å². The number of pyridine rings is 1. The van der Waals surface area contributed by atoms with E-state index in [0.717, 1.165) is 29.7 Å². The van der Waals surface area contributed by atoms with Crippen LogP contribution in [-0.2, 0) is 10.3 Å². The van der Waals surface area contributed by atoms with Gasteiger partial charge in [-0.1, -0.05) is 0 Å². The van der Waals surface area contributed by atoms with Crippen molar-refractivity contribution in [2.24, 2.45) is 17.8 Å². The molecule has 2 N–H and O–H groups in total. The average Bonchev–Trinajstić information content (AvgIpc) is 3.40. The quantitative estimate of drug-likeness (QED) is 0.864. The summed E-state index contributed by atoms with van der Waals surface area (Å²) in [7, 11) is 0. The van der Waals surface area contributed by atoms with E-state index in [4.69, 9.17) is 0 Å². The van der Waals surface area contributed by atoms with Crippen molar-refractivity contribution < 1.29 is 4.79 Å².